The van der Waals surface area contributed by atoms with Crippen molar-refractivity contribution >= 4 is 29.6 Å². The Hall–Kier alpha value is -2.33. The molecule has 0 radical (unpaired) electrons. The Labute approximate surface area is 146 Å². The summed E-state index contributed by atoms with van der Waals surface area (Å²) in [5.74, 6) is 0.0915. The lowest BCUT2D eigenvalue weighted by molar-refractivity contribution is -0.140. The molecule has 0 spiro atoms. The van der Waals surface area contributed by atoms with Crippen LogP contribution in [0.1, 0.15) is 29.3 Å². The standard InChI is InChI=1S/C20H20O3S/c1-2-14-23-20(22)15-24-18-11-8-16(9-12-18)10-13-19(21)17-6-4-3-5-7-17/h3-13H,2,14-15H2,1H3/b13-10+. The maximum atomic E-state index is 12.0. The molecule has 24 heavy (non-hydrogen) atoms. The maximum Gasteiger partial charge on any atom is 0.316 e. The molecular formula is C20H20O3S. The monoisotopic (exact) mass is 340 g/mol. The van der Waals surface area contributed by atoms with Crippen LogP contribution in [0.4, 0.5) is 0 Å². The highest BCUT2D eigenvalue weighted by Gasteiger charge is 2.04. The Kier molecular flexibility index (Phi) is 7.30. The van der Waals surface area contributed by atoms with Crippen molar-refractivity contribution in [3.63, 3.8) is 0 Å². The molecule has 0 aliphatic heterocycles. The van der Waals surface area contributed by atoms with Gasteiger partial charge in [0.25, 0.3) is 0 Å². The van der Waals surface area contributed by atoms with Crippen molar-refractivity contribution in [1.29, 1.82) is 0 Å². The first-order valence-corrected chi connectivity index (χ1v) is 8.83. The summed E-state index contributed by atoms with van der Waals surface area (Å²) in [6.07, 6.45) is 4.19. The molecule has 2 aromatic carbocycles. The summed E-state index contributed by atoms with van der Waals surface area (Å²) >= 11 is 1.44. The first kappa shape index (κ1) is 18.0. The van der Waals surface area contributed by atoms with E-state index in [1.54, 1.807) is 24.3 Å². The van der Waals surface area contributed by atoms with Gasteiger partial charge in [-0.3, -0.25) is 9.59 Å². The van der Waals surface area contributed by atoms with Crippen LogP contribution in [0, 0.1) is 0 Å². The predicted molar refractivity (Wildman–Crippen MR) is 98.2 cm³/mol. The van der Waals surface area contributed by atoms with Gasteiger partial charge in [0.2, 0.25) is 0 Å². The van der Waals surface area contributed by atoms with E-state index in [1.807, 2.05) is 49.4 Å². The van der Waals surface area contributed by atoms with Gasteiger partial charge in [0.1, 0.15) is 0 Å². The summed E-state index contributed by atoms with van der Waals surface area (Å²) in [5, 5.41) is 0. The van der Waals surface area contributed by atoms with E-state index in [2.05, 4.69) is 0 Å². The molecule has 2 aromatic rings. The summed E-state index contributed by atoms with van der Waals surface area (Å²) in [4.78, 5) is 24.5. The molecule has 0 bridgehead atoms. The van der Waals surface area contributed by atoms with E-state index >= 15 is 0 Å². The molecule has 0 aliphatic carbocycles. The van der Waals surface area contributed by atoms with E-state index in [0.717, 1.165) is 16.9 Å². The Morgan fingerprint density at radius 2 is 1.75 bits per heavy atom. The lowest BCUT2D eigenvalue weighted by Gasteiger charge is -2.03. The van der Waals surface area contributed by atoms with Crippen LogP contribution in [0.2, 0.25) is 0 Å². The summed E-state index contributed by atoms with van der Waals surface area (Å²) in [5.41, 5.74) is 1.61. The Balaban J connectivity index is 1.86. The number of carbonyl (C=O) groups is 2. The van der Waals surface area contributed by atoms with Crippen LogP contribution >= 0.6 is 11.8 Å². The smallest absolute Gasteiger partial charge is 0.316 e. The summed E-state index contributed by atoms with van der Waals surface area (Å²) in [6, 6.07) is 16.9. The zero-order valence-electron chi connectivity index (χ0n) is 13.6. The minimum Gasteiger partial charge on any atom is -0.465 e. The number of ether oxygens (including phenoxy) is 1. The molecule has 0 aliphatic rings. The van der Waals surface area contributed by atoms with Gasteiger partial charge in [0, 0.05) is 10.5 Å². The minimum absolute atomic E-state index is 0.0206. The fraction of sp³-hybridized carbons (Fsp3) is 0.200. The average molecular weight is 340 g/mol. The summed E-state index contributed by atoms with van der Waals surface area (Å²) in [7, 11) is 0. The first-order chi connectivity index (χ1) is 11.7. The fourth-order valence-corrected chi connectivity index (χ4v) is 2.64. The highest BCUT2D eigenvalue weighted by molar-refractivity contribution is 8.00. The number of hydrogen-bond donors (Lipinski definition) is 0. The van der Waals surface area contributed by atoms with Gasteiger partial charge in [-0.15, -0.1) is 11.8 Å². The Bertz CT molecular complexity index is 691. The Morgan fingerprint density at radius 1 is 1.04 bits per heavy atom. The van der Waals surface area contributed by atoms with Crippen molar-refractivity contribution in [2.24, 2.45) is 0 Å². The molecule has 0 unspecified atom stereocenters. The highest BCUT2D eigenvalue weighted by Crippen LogP contribution is 2.19. The van der Waals surface area contributed by atoms with E-state index < -0.39 is 0 Å². The number of thioether (sulfide) groups is 1. The van der Waals surface area contributed by atoms with Gasteiger partial charge in [-0.25, -0.2) is 0 Å². The number of rotatable bonds is 8. The number of esters is 1. The summed E-state index contributed by atoms with van der Waals surface area (Å²) < 4.78 is 5.04. The zero-order valence-corrected chi connectivity index (χ0v) is 14.4. The van der Waals surface area contributed by atoms with Gasteiger partial charge in [0.05, 0.1) is 12.4 Å². The molecule has 4 heteroatoms. The van der Waals surface area contributed by atoms with Crippen molar-refractivity contribution in [2.75, 3.05) is 12.4 Å². The molecular weight excluding hydrogens is 320 g/mol. The fourth-order valence-electron chi connectivity index (χ4n) is 1.95. The minimum atomic E-state index is -0.195. The molecule has 0 N–H and O–H groups in total. The predicted octanol–water partition coefficient (Wildman–Crippen LogP) is 4.63. The van der Waals surface area contributed by atoms with Gasteiger partial charge >= 0.3 is 5.97 Å². The lowest BCUT2D eigenvalue weighted by Crippen LogP contribution is -2.07. The third-order valence-corrected chi connectivity index (χ3v) is 4.17. The summed E-state index contributed by atoms with van der Waals surface area (Å²) in [6.45, 7) is 2.44. The quantitative estimate of drug-likeness (QED) is 0.304. The van der Waals surface area contributed by atoms with Crippen LogP contribution in [0.25, 0.3) is 6.08 Å². The van der Waals surface area contributed by atoms with Crippen LogP contribution in [-0.4, -0.2) is 24.1 Å². The second kappa shape index (κ2) is 9.73. The van der Waals surface area contributed by atoms with Crippen molar-refractivity contribution in [3.05, 3.63) is 71.8 Å². The van der Waals surface area contributed by atoms with E-state index in [-0.39, 0.29) is 11.8 Å². The van der Waals surface area contributed by atoms with Gasteiger partial charge in [-0.05, 0) is 30.2 Å². The highest BCUT2D eigenvalue weighted by atomic mass is 32.2. The molecule has 0 fully saturated rings. The molecule has 0 heterocycles. The van der Waals surface area contributed by atoms with E-state index in [4.69, 9.17) is 4.74 Å². The van der Waals surface area contributed by atoms with Crippen LogP contribution in [0.15, 0.2) is 65.6 Å². The largest absolute Gasteiger partial charge is 0.465 e. The number of benzene rings is 2. The molecule has 0 saturated carbocycles. The lowest BCUT2D eigenvalue weighted by atomic mass is 10.1. The van der Waals surface area contributed by atoms with E-state index in [0.29, 0.717) is 17.9 Å². The van der Waals surface area contributed by atoms with Crippen molar-refractivity contribution in [1.82, 2.24) is 0 Å². The second-order valence-corrected chi connectivity index (χ2v) is 6.19. The number of hydrogen-bond acceptors (Lipinski definition) is 4. The molecule has 2 rings (SSSR count). The van der Waals surface area contributed by atoms with Crippen molar-refractivity contribution in [2.45, 2.75) is 18.2 Å². The third-order valence-electron chi connectivity index (χ3n) is 3.19. The van der Waals surface area contributed by atoms with E-state index in [9.17, 15) is 9.59 Å². The van der Waals surface area contributed by atoms with Crippen LogP contribution < -0.4 is 0 Å². The molecule has 0 amide bonds. The number of carbonyl (C=O) groups excluding carboxylic acids is 2. The molecule has 3 nitrogen and oxygen atoms in total. The maximum absolute atomic E-state index is 12.0. The first-order valence-electron chi connectivity index (χ1n) is 7.85. The normalized spacial score (nSPS) is 10.7. The van der Waals surface area contributed by atoms with Crippen LogP contribution in [-0.2, 0) is 9.53 Å². The molecule has 124 valence electrons. The van der Waals surface area contributed by atoms with Crippen molar-refractivity contribution < 1.29 is 14.3 Å². The Morgan fingerprint density at radius 3 is 2.42 bits per heavy atom. The molecule has 0 saturated heterocycles. The molecule has 0 aromatic heterocycles. The van der Waals surface area contributed by atoms with Gasteiger partial charge < -0.3 is 4.74 Å². The SMILES string of the molecule is CCCOC(=O)CSc1ccc(/C=C/C(=O)c2ccccc2)cc1. The second-order valence-electron chi connectivity index (χ2n) is 5.14. The van der Waals surface area contributed by atoms with Crippen LogP contribution in [0.3, 0.4) is 0 Å². The average Bonchev–Trinajstić information content (AvgIpc) is 2.64. The topological polar surface area (TPSA) is 43.4 Å². The third kappa shape index (κ3) is 6.05. The number of allylic oxidation sites excluding steroid dienone is 1. The van der Waals surface area contributed by atoms with Crippen molar-refractivity contribution in [3.8, 4) is 0 Å². The van der Waals surface area contributed by atoms with Crippen LogP contribution in [0.5, 0.6) is 0 Å². The number of ketones is 1. The molecule has 0 atom stereocenters. The van der Waals surface area contributed by atoms with Gasteiger partial charge in [0.15, 0.2) is 5.78 Å². The zero-order chi connectivity index (χ0) is 17.2. The van der Waals surface area contributed by atoms with E-state index in [1.165, 1.54) is 11.8 Å². The van der Waals surface area contributed by atoms with Gasteiger partial charge in [-0.2, -0.15) is 0 Å². The van der Waals surface area contributed by atoms with Gasteiger partial charge in [-0.1, -0.05) is 55.5 Å².